The number of nitrogens with zero attached hydrogens (tertiary/aromatic N) is 1. The summed E-state index contributed by atoms with van der Waals surface area (Å²) < 4.78 is 0. The number of anilines is 1. The molecule has 0 radical (unpaired) electrons. The van der Waals surface area contributed by atoms with Gasteiger partial charge in [-0.3, -0.25) is 5.32 Å². The second-order valence-electron chi connectivity index (χ2n) is 3.47. The molecule has 3 N–H and O–H groups in total. The van der Waals surface area contributed by atoms with Crippen LogP contribution in [0, 0.1) is 0 Å². The first kappa shape index (κ1) is 13.0. The predicted molar refractivity (Wildman–Crippen MR) is 63.1 cm³/mol. The van der Waals surface area contributed by atoms with Crippen LogP contribution in [0.4, 0.5) is 10.6 Å². The van der Waals surface area contributed by atoms with Crippen LogP contribution in [-0.4, -0.2) is 28.6 Å². The van der Waals surface area contributed by atoms with E-state index in [1.54, 1.807) is 0 Å². The molecule has 0 fully saturated rings. The van der Waals surface area contributed by atoms with Crippen LogP contribution in [0.25, 0.3) is 0 Å². The van der Waals surface area contributed by atoms with E-state index in [2.05, 4.69) is 15.6 Å². The highest BCUT2D eigenvalue weighted by molar-refractivity contribution is 5.91. The first-order chi connectivity index (χ1) is 8.13. The fourth-order valence-electron chi connectivity index (χ4n) is 1.17. The summed E-state index contributed by atoms with van der Waals surface area (Å²) >= 11 is 0. The third kappa shape index (κ3) is 4.50. The van der Waals surface area contributed by atoms with Crippen molar-refractivity contribution in [3.8, 4) is 0 Å². The van der Waals surface area contributed by atoms with Crippen molar-refractivity contribution >= 4 is 17.8 Å². The Morgan fingerprint density at radius 2 is 2.24 bits per heavy atom. The van der Waals surface area contributed by atoms with Gasteiger partial charge in [-0.15, -0.1) is 0 Å². The number of nitrogens with one attached hydrogen (secondary N) is 2. The second kappa shape index (κ2) is 6.47. The van der Waals surface area contributed by atoms with Crippen LogP contribution < -0.4 is 10.6 Å². The monoisotopic (exact) mass is 237 g/mol. The molecule has 17 heavy (non-hydrogen) atoms. The van der Waals surface area contributed by atoms with Crippen LogP contribution in [0.3, 0.4) is 0 Å². The van der Waals surface area contributed by atoms with E-state index in [9.17, 15) is 9.59 Å². The van der Waals surface area contributed by atoms with Crippen LogP contribution in [0.1, 0.15) is 30.1 Å². The van der Waals surface area contributed by atoms with Crippen molar-refractivity contribution in [3.63, 3.8) is 0 Å². The Labute approximate surface area is 99.1 Å². The predicted octanol–water partition coefficient (Wildman–Crippen LogP) is 1.70. The van der Waals surface area contributed by atoms with E-state index in [1.165, 1.54) is 18.3 Å². The molecule has 0 aliphatic heterocycles. The Morgan fingerprint density at radius 3 is 2.88 bits per heavy atom. The number of pyridine rings is 1. The molecule has 0 aromatic carbocycles. The van der Waals surface area contributed by atoms with Gasteiger partial charge in [-0.1, -0.05) is 13.3 Å². The zero-order chi connectivity index (χ0) is 12.7. The number of urea groups is 1. The fourth-order valence-corrected chi connectivity index (χ4v) is 1.17. The zero-order valence-electron chi connectivity index (χ0n) is 9.56. The molecule has 0 spiro atoms. The van der Waals surface area contributed by atoms with Gasteiger partial charge >= 0.3 is 12.0 Å². The maximum Gasteiger partial charge on any atom is 0.335 e. The van der Waals surface area contributed by atoms with Crippen molar-refractivity contribution < 1.29 is 14.7 Å². The molecule has 6 heteroatoms. The molecule has 0 unspecified atom stereocenters. The second-order valence-corrected chi connectivity index (χ2v) is 3.47. The van der Waals surface area contributed by atoms with E-state index in [0.717, 1.165) is 12.8 Å². The Balaban J connectivity index is 2.53. The van der Waals surface area contributed by atoms with Gasteiger partial charge in [-0.05, 0) is 18.6 Å². The number of hydrogen-bond acceptors (Lipinski definition) is 3. The maximum atomic E-state index is 11.4. The zero-order valence-corrected chi connectivity index (χ0v) is 9.56. The van der Waals surface area contributed by atoms with Crippen LogP contribution in [-0.2, 0) is 0 Å². The van der Waals surface area contributed by atoms with Gasteiger partial charge in [0.15, 0.2) is 0 Å². The Bertz CT molecular complexity index is 407. The molecule has 0 aliphatic rings. The highest BCUT2D eigenvalue weighted by Gasteiger charge is 2.06. The van der Waals surface area contributed by atoms with Gasteiger partial charge in [0.25, 0.3) is 0 Å². The summed E-state index contributed by atoms with van der Waals surface area (Å²) in [6.45, 7) is 2.61. The lowest BCUT2D eigenvalue weighted by atomic mass is 10.2. The van der Waals surface area contributed by atoms with Crippen LogP contribution in [0.5, 0.6) is 0 Å². The molecule has 0 atom stereocenters. The summed E-state index contributed by atoms with van der Waals surface area (Å²) in [7, 11) is 0. The van der Waals surface area contributed by atoms with E-state index in [-0.39, 0.29) is 17.4 Å². The van der Waals surface area contributed by atoms with Crippen molar-refractivity contribution in [1.29, 1.82) is 0 Å². The summed E-state index contributed by atoms with van der Waals surface area (Å²) in [6.07, 6.45) is 3.23. The van der Waals surface area contributed by atoms with Gasteiger partial charge in [0, 0.05) is 12.7 Å². The van der Waals surface area contributed by atoms with Crippen LogP contribution in [0.2, 0.25) is 0 Å². The molecular formula is C11H15N3O3. The summed E-state index contributed by atoms with van der Waals surface area (Å²) in [6, 6.07) is 2.29. The molecule has 1 rings (SSSR count). The number of carbonyl (C=O) groups excluding carboxylic acids is 1. The van der Waals surface area contributed by atoms with Gasteiger partial charge in [-0.2, -0.15) is 0 Å². The molecule has 1 heterocycles. The van der Waals surface area contributed by atoms with Crippen molar-refractivity contribution in [2.45, 2.75) is 19.8 Å². The van der Waals surface area contributed by atoms with Crippen molar-refractivity contribution in [3.05, 3.63) is 23.9 Å². The van der Waals surface area contributed by atoms with Gasteiger partial charge < -0.3 is 10.4 Å². The summed E-state index contributed by atoms with van der Waals surface area (Å²) in [4.78, 5) is 25.9. The quantitative estimate of drug-likeness (QED) is 0.680. The summed E-state index contributed by atoms with van der Waals surface area (Å²) in [5.74, 6) is -0.833. The molecule has 1 aromatic rings. The molecule has 0 bridgehead atoms. The molecular weight excluding hydrogens is 222 g/mol. The third-order valence-corrected chi connectivity index (χ3v) is 2.06. The van der Waals surface area contributed by atoms with Gasteiger partial charge in [0.2, 0.25) is 0 Å². The van der Waals surface area contributed by atoms with E-state index >= 15 is 0 Å². The third-order valence-electron chi connectivity index (χ3n) is 2.06. The van der Waals surface area contributed by atoms with Gasteiger partial charge in [-0.25, -0.2) is 14.6 Å². The smallest absolute Gasteiger partial charge is 0.335 e. The largest absolute Gasteiger partial charge is 0.478 e. The summed E-state index contributed by atoms with van der Waals surface area (Å²) in [5.41, 5.74) is 0.0869. The molecule has 1 aromatic heterocycles. The van der Waals surface area contributed by atoms with Crippen LogP contribution >= 0.6 is 0 Å². The number of hydrogen-bond donors (Lipinski definition) is 3. The van der Waals surface area contributed by atoms with E-state index < -0.39 is 5.97 Å². The van der Waals surface area contributed by atoms with Gasteiger partial charge in [0.1, 0.15) is 5.82 Å². The number of carbonyl (C=O) groups is 2. The number of rotatable bonds is 5. The number of carboxylic acid groups (broad SMARTS) is 1. The summed E-state index contributed by atoms with van der Waals surface area (Å²) in [5, 5.41) is 13.9. The normalized spacial score (nSPS) is 9.71. The van der Waals surface area contributed by atoms with Gasteiger partial charge in [0.05, 0.1) is 5.56 Å². The SMILES string of the molecule is CCCCNC(=O)Nc1cc(C(=O)O)ccn1. The Hall–Kier alpha value is -2.11. The van der Waals surface area contributed by atoms with E-state index in [0.29, 0.717) is 6.54 Å². The number of aromatic carboxylic acids is 1. The lowest BCUT2D eigenvalue weighted by Gasteiger charge is -2.06. The lowest BCUT2D eigenvalue weighted by Crippen LogP contribution is -2.29. The molecule has 0 aliphatic carbocycles. The Morgan fingerprint density at radius 1 is 1.47 bits per heavy atom. The topological polar surface area (TPSA) is 91.3 Å². The molecule has 0 saturated heterocycles. The highest BCUT2D eigenvalue weighted by atomic mass is 16.4. The molecule has 92 valence electrons. The van der Waals surface area contributed by atoms with Crippen molar-refractivity contribution in [1.82, 2.24) is 10.3 Å². The highest BCUT2D eigenvalue weighted by Crippen LogP contribution is 2.06. The lowest BCUT2D eigenvalue weighted by molar-refractivity contribution is 0.0696. The minimum Gasteiger partial charge on any atom is -0.478 e. The average molecular weight is 237 g/mol. The number of amides is 2. The Kier molecular flexibility index (Phi) is 4.93. The van der Waals surface area contributed by atoms with E-state index in [1.807, 2.05) is 6.92 Å². The van der Waals surface area contributed by atoms with Crippen LogP contribution in [0.15, 0.2) is 18.3 Å². The van der Waals surface area contributed by atoms with E-state index in [4.69, 9.17) is 5.11 Å². The molecule has 6 nitrogen and oxygen atoms in total. The number of carboxylic acids is 1. The average Bonchev–Trinajstić information content (AvgIpc) is 2.29. The molecule has 2 amide bonds. The minimum atomic E-state index is -1.05. The van der Waals surface area contributed by atoms with Crippen molar-refractivity contribution in [2.24, 2.45) is 0 Å². The minimum absolute atomic E-state index is 0.0869. The number of aromatic nitrogens is 1. The van der Waals surface area contributed by atoms with Crippen molar-refractivity contribution in [2.75, 3.05) is 11.9 Å². The fraction of sp³-hybridized carbons (Fsp3) is 0.364. The molecule has 0 saturated carbocycles. The first-order valence-corrected chi connectivity index (χ1v) is 5.37. The number of unbranched alkanes of at least 4 members (excludes halogenated alkanes) is 1. The first-order valence-electron chi connectivity index (χ1n) is 5.37. The maximum absolute atomic E-state index is 11.4. The standard InChI is InChI=1S/C11H15N3O3/c1-2-3-5-13-11(17)14-9-7-8(10(15)16)4-6-12-9/h4,6-7H,2-3,5H2,1H3,(H,15,16)(H2,12,13,14,17).